The molecule has 0 bridgehead atoms. The fourth-order valence-electron chi connectivity index (χ4n) is 2.04. The number of benzene rings is 2. The topological polar surface area (TPSA) is 27.7 Å². The highest BCUT2D eigenvalue weighted by Crippen LogP contribution is 2.17. The first-order valence-corrected chi connectivity index (χ1v) is 7.31. The van der Waals surface area contributed by atoms with Gasteiger partial charge in [-0.1, -0.05) is 46.3 Å². The Hall–Kier alpha value is -1.30. The lowest BCUT2D eigenvalue weighted by Gasteiger charge is -2.11. The standard InChI is InChI=1S/C15H14BBrO3/c17-13-6-8-14(9-7-13)18-10-15-11-19-16(20-15)12-4-2-1-3-5-12/h1-9,15H,10-11H2. The number of hydrogen-bond donors (Lipinski definition) is 0. The molecule has 1 aliphatic heterocycles. The Bertz CT molecular complexity index is 547. The van der Waals surface area contributed by atoms with Gasteiger partial charge in [-0.15, -0.1) is 0 Å². The highest BCUT2D eigenvalue weighted by molar-refractivity contribution is 9.10. The molecule has 20 heavy (non-hydrogen) atoms. The van der Waals surface area contributed by atoms with Crippen LogP contribution in [0.2, 0.25) is 0 Å². The minimum Gasteiger partial charge on any atom is -0.491 e. The highest BCUT2D eigenvalue weighted by atomic mass is 79.9. The highest BCUT2D eigenvalue weighted by Gasteiger charge is 2.33. The molecule has 3 rings (SSSR count). The average Bonchev–Trinajstić information content (AvgIpc) is 2.97. The maximum Gasteiger partial charge on any atom is 0.494 e. The third kappa shape index (κ3) is 3.42. The first-order valence-electron chi connectivity index (χ1n) is 6.51. The number of rotatable bonds is 4. The Morgan fingerprint density at radius 1 is 1.10 bits per heavy atom. The lowest BCUT2D eigenvalue weighted by atomic mass is 9.79. The molecule has 1 saturated heterocycles. The van der Waals surface area contributed by atoms with E-state index in [0.29, 0.717) is 13.2 Å². The summed E-state index contributed by atoms with van der Waals surface area (Å²) in [6.07, 6.45) is -0.0381. The van der Waals surface area contributed by atoms with Crippen molar-refractivity contribution in [2.24, 2.45) is 0 Å². The van der Waals surface area contributed by atoms with Crippen molar-refractivity contribution in [3.63, 3.8) is 0 Å². The summed E-state index contributed by atoms with van der Waals surface area (Å²) in [4.78, 5) is 0. The Morgan fingerprint density at radius 2 is 1.85 bits per heavy atom. The predicted octanol–water partition coefficient (Wildman–Crippen LogP) is 2.64. The van der Waals surface area contributed by atoms with Gasteiger partial charge < -0.3 is 14.0 Å². The largest absolute Gasteiger partial charge is 0.494 e. The van der Waals surface area contributed by atoms with E-state index >= 15 is 0 Å². The minimum absolute atomic E-state index is 0.0381. The third-order valence-electron chi connectivity index (χ3n) is 3.07. The van der Waals surface area contributed by atoms with Crippen LogP contribution in [0.4, 0.5) is 0 Å². The summed E-state index contributed by atoms with van der Waals surface area (Å²) in [6.45, 7) is 1.04. The van der Waals surface area contributed by atoms with E-state index in [1.807, 2.05) is 54.6 Å². The molecule has 5 heteroatoms. The van der Waals surface area contributed by atoms with E-state index in [2.05, 4.69) is 15.9 Å². The van der Waals surface area contributed by atoms with Gasteiger partial charge in [-0.25, -0.2) is 0 Å². The van der Waals surface area contributed by atoms with Gasteiger partial charge in [0.05, 0.1) is 12.7 Å². The van der Waals surface area contributed by atoms with Crippen molar-refractivity contribution in [1.29, 1.82) is 0 Å². The van der Waals surface area contributed by atoms with Crippen molar-refractivity contribution in [3.05, 3.63) is 59.1 Å². The fraction of sp³-hybridized carbons (Fsp3) is 0.200. The molecule has 0 aromatic heterocycles. The first kappa shape index (κ1) is 13.7. The lowest BCUT2D eigenvalue weighted by Crippen LogP contribution is -2.33. The van der Waals surface area contributed by atoms with Crippen LogP contribution in [0.5, 0.6) is 5.75 Å². The average molecular weight is 333 g/mol. The zero-order valence-corrected chi connectivity index (χ0v) is 12.5. The molecule has 0 radical (unpaired) electrons. The minimum atomic E-state index is -0.283. The van der Waals surface area contributed by atoms with Crippen LogP contribution in [0.15, 0.2) is 59.1 Å². The van der Waals surface area contributed by atoms with Gasteiger partial charge in [0.25, 0.3) is 0 Å². The molecule has 102 valence electrons. The van der Waals surface area contributed by atoms with E-state index in [4.69, 9.17) is 14.0 Å². The Kier molecular flexibility index (Phi) is 4.40. The lowest BCUT2D eigenvalue weighted by molar-refractivity contribution is 0.148. The summed E-state index contributed by atoms with van der Waals surface area (Å²) in [5.74, 6) is 0.833. The molecule has 0 spiro atoms. The van der Waals surface area contributed by atoms with E-state index in [9.17, 15) is 0 Å². The number of ether oxygens (including phenoxy) is 1. The Morgan fingerprint density at radius 3 is 2.60 bits per heavy atom. The maximum atomic E-state index is 5.84. The van der Waals surface area contributed by atoms with Crippen LogP contribution in [0.1, 0.15) is 0 Å². The molecule has 3 nitrogen and oxygen atoms in total. The van der Waals surface area contributed by atoms with E-state index in [0.717, 1.165) is 15.7 Å². The maximum absolute atomic E-state index is 5.84. The van der Waals surface area contributed by atoms with Gasteiger partial charge in [-0.05, 0) is 29.7 Å². The van der Waals surface area contributed by atoms with Crippen LogP contribution in [-0.4, -0.2) is 26.4 Å². The van der Waals surface area contributed by atoms with Crippen molar-refractivity contribution in [1.82, 2.24) is 0 Å². The van der Waals surface area contributed by atoms with Crippen molar-refractivity contribution in [2.75, 3.05) is 13.2 Å². The van der Waals surface area contributed by atoms with E-state index in [1.54, 1.807) is 0 Å². The number of hydrogen-bond acceptors (Lipinski definition) is 3. The summed E-state index contributed by atoms with van der Waals surface area (Å²) >= 11 is 3.40. The van der Waals surface area contributed by atoms with Crippen LogP contribution in [0.25, 0.3) is 0 Å². The summed E-state index contributed by atoms with van der Waals surface area (Å²) in [5.41, 5.74) is 1.04. The smallest absolute Gasteiger partial charge is 0.491 e. The second-order valence-corrected chi connectivity index (χ2v) is 5.51. The van der Waals surface area contributed by atoms with Crippen molar-refractivity contribution in [3.8, 4) is 5.75 Å². The Balaban J connectivity index is 1.52. The second-order valence-electron chi connectivity index (χ2n) is 4.60. The molecule has 1 unspecified atom stereocenters. The number of halogens is 1. The molecule has 1 aliphatic rings. The molecule has 0 saturated carbocycles. The Labute approximate surface area is 127 Å². The molecular weight excluding hydrogens is 319 g/mol. The molecule has 0 amide bonds. The van der Waals surface area contributed by atoms with E-state index in [1.165, 1.54) is 0 Å². The van der Waals surface area contributed by atoms with Crippen molar-refractivity contribution < 1.29 is 14.0 Å². The van der Waals surface area contributed by atoms with Crippen molar-refractivity contribution >= 4 is 28.5 Å². The normalized spacial score (nSPS) is 18.2. The van der Waals surface area contributed by atoms with Crippen LogP contribution in [0.3, 0.4) is 0 Å². The SMILES string of the molecule is Brc1ccc(OCC2COB(c3ccccc3)O2)cc1. The van der Waals surface area contributed by atoms with Gasteiger partial charge in [0.1, 0.15) is 12.4 Å². The first-order chi connectivity index (χ1) is 9.81. The zero-order valence-electron chi connectivity index (χ0n) is 10.9. The monoisotopic (exact) mass is 332 g/mol. The molecule has 2 aromatic carbocycles. The van der Waals surface area contributed by atoms with Crippen molar-refractivity contribution in [2.45, 2.75) is 6.10 Å². The van der Waals surface area contributed by atoms with Gasteiger partial charge >= 0.3 is 7.12 Å². The van der Waals surface area contributed by atoms with Crippen LogP contribution >= 0.6 is 15.9 Å². The van der Waals surface area contributed by atoms with Gasteiger partial charge in [0.2, 0.25) is 0 Å². The zero-order chi connectivity index (χ0) is 13.8. The second kappa shape index (κ2) is 6.44. The fourth-order valence-corrected chi connectivity index (χ4v) is 2.30. The summed E-state index contributed by atoms with van der Waals surface area (Å²) in [7, 11) is -0.283. The molecule has 0 N–H and O–H groups in total. The quantitative estimate of drug-likeness (QED) is 0.806. The van der Waals surface area contributed by atoms with Gasteiger partial charge in [0.15, 0.2) is 0 Å². The summed E-state index contributed by atoms with van der Waals surface area (Å²) in [5, 5.41) is 0. The summed E-state index contributed by atoms with van der Waals surface area (Å²) < 4.78 is 18.2. The molecule has 1 heterocycles. The molecule has 2 aromatic rings. The van der Waals surface area contributed by atoms with Crippen LogP contribution in [-0.2, 0) is 9.31 Å². The van der Waals surface area contributed by atoms with Gasteiger partial charge in [0, 0.05) is 4.47 Å². The van der Waals surface area contributed by atoms with Crippen LogP contribution < -0.4 is 10.2 Å². The van der Waals surface area contributed by atoms with Crippen LogP contribution in [0, 0.1) is 0 Å². The molecule has 0 aliphatic carbocycles. The van der Waals surface area contributed by atoms with E-state index < -0.39 is 0 Å². The molecule has 1 atom stereocenters. The molecular formula is C15H14BBrO3. The van der Waals surface area contributed by atoms with Gasteiger partial charge in [-0.2, -0.15) is 0 Å². The summed E-state index contributed by atoms with van der Waals surface area (Å²) in [6, 6.07) is 17.7. The third-order valence-corrected chi connectivity index (χ3v) is 3.60. The van der Waals surface area contributed by atoms with Gasteiger partial charge in [-0.3, -0.25) is 0 Å². The predicted molar refractivity (Wildman–Crippen MR) is 82.3 cm³/mol. The molecule has 1 fully saturated rings. The van der Waals surface area contributed by atoms with E-state index in [-0.39, 0.29) is 13.2 Å².